The lowest BCUT2D eigenvalue weighted by Gasteiger charge is -2.14. The molecule has 1 amide bonds. The average molecular weight is 340 g/mol. The molecule has 0 atom stereocenters. The van der Waals surface area contributed by atoms with Crippen LogP contribution in [-0.4, -0.2) is 31.8 Å². The number of hydrogen-bond acceptors (Lipinski definition) is 4. The fourth-order valence-electron chi connectivity index (χ4n) is 2.86. The van der Waals surface area contributed by atoms with E-state index in [1.165, 1.54) is 21.3 Å². The molecule has 6 heteroatoms. The third-order valence-corrected chi connectivity index (χ3v) is 4.11. The van der Waals surface area contributed by atoms with Gasteiger partial charge in [-0.2, -0.15) is 0 Å². The number of methoxy groups -OCH3 is 3. The first-order valence-electron chi connectivity index (χ1n) is 7.75. The quantitative estimate of drug-likeness (QED) is 0.773. The highest BCUT2D eigenvalue weighted by molar-refractivity contribution is 6.06. The van der Waals surface area contributed by atoms with Crippen molar-refractivity contribution in [1.82, 2.24) is 4.57 Å². The topological polar surface area (TPSA) is 61.7 Å². The van der Waals surface area contributed by atoms with Gasteiger partial charge in [-0.05, 0) is 12.1 Å². The van der Waals surface area contributed by atoms with Crippen LogP contribution < -0.4 is 19.5 Å². The number of nitrogens with one attached hydrogen (secondary N) is 1. The van der Waals surface area contributed by atoms with E-state index in [2.05, 4.69) is 5.32 Å². The van der Waals surface area contributed by atoms with E-state index in [4.69, 9.17) is 14.2 Å². The third-order valence-electron chi connectivity index (χ3n) is 4.11. The molecule has 25 heavy (non-hydrogen) atoms. The van der Waals surface area contributed by atoms with Crippen LogP contribution in [0.2, 0.25) is 0 Å². The maximum Gasteiger partial charge on any atom is 0.272 e. The minimum absolute atomic E-state index is 0.215. The largest absolute Gasteiger partial charge is 0.493 e. The number of nitrogens with zero attached hydrogens (tertiary/aromatic N) is 1. The van der Waals surface area contributed by atoms with Gasteiger partial charge in [-0.1, -0.05) is 18.2 Å². The first kappa shape index (κ1) is 16.7. The molecular formula is C19H20N2O4. The van der Waals surface area contributed by atoms with Gasteiger partial charge >= 0.3 is 0 Å². The SMILES string of the molecule is COc1cc(NC(=O)c2cc3ccccc3n2C)cc(OC)c1OC. The van der Waals surface area contributed by atoms with Crippen molar-refractivity contribution in [3.05, 3.63) is 48.2 Å². The molecule has 0 saturated heterocycles. The summed E-state index contributed by atoms with van der Waals surface area (Å²) in [6.07, 6.45) is 0. The Morgan fingerprint density at radius 2 is 1.60 bits per heavy atom. The second-order valence-electron chi connectivity index (χ2n) is 5.52. The Balaban J connectivity index is 1.96. The second kappa shape index (κ2) is 6.76. The summed E-state index contributed by atoms with van der Waals surface area (Å²) in [6, 6.07) is 13.1. The molecule has 0 fully saturated rings. The Bertz CT molecular complexity index is 905. The average Bonchev–Trinajstić information content (AvgIpc) is 2.98. The van der Waals surface area contributed by atoms with E-state index in [0.717, 1.165) is 10.9 Å². The van der Waals surface area contributed by atoms with Gasteiger partial charge in [0.1, 0.15) is 5.69 Å². The van der Waals surface area contributed by atoms with Crippen molar-refractivity contribution in [2.75, 3.05) is 26.6 Å². The smallest absolute Gasteiger partial charge is 0.272 e. The number of hydrogen-bond donors (Lipinski definition) is 1. The van der Waals surface area contributed by atoms with Crippen molar-refractivity contribution >= 4 is 22.5 Å². The number of fused-ring (bicyclic) bond motifs is 1. The van der Waals surface area contributed by atoms with E-state index >= 15 is 0 Å². The van der Waals surface area contributed by atoms with Crippen molar-refractivity contribution in [3.63, 3.8) is 0 Å². The number of aryl methyl sites for hydroxylation is 1. The van der Waals surface area contributed by atoms with Crippen LogP contribution >= 0.6 is 0 Å². The highest BCUT2D eigenvalue weighted by Gasteiger charge is 2.17. The summed E-state index contributed by atoms with van der Waals surface area (Å²) in [6.45, 7) is 0. The number of amides is 1. The van der Waals surface area contributed by atoms with Crippen LogP contribution in [0.3, 0.4) is 0 Å². The lowest BCUT2D eigenvalue weighted by molar-refractivity contribution is 0.101. The summed E-state index contributed by atoms with van der Waals surface area (Å²) in [5.74, 6) is 1.23. The zero-order valence-corrected chi connectivity index (χ0v) is 14.6. The van der Waals surface area contributed by atoms with Gasteiger partial charge in [0, 0.05) is 35.8 Å². The van der Waals surface area contributed by atoms with Gasteiger partial charge < -0.3 is 24.1 Å². The number of ether oxygens (including phenoxy) is 3. The van der Waals surface area contributed by atoms with E-state index in [1.54, 1.807) is 12.1 Å². The van der Waals surface area contributed by atoms with Crippen molar-refractivity contribution in [2.45, 2.75) is 0 Å². The predicted molar refractivity (Wildman–Crippen MR) is 97.0 cm³/mol. The first-order chi connectivity index (χ1) is 12.1. The molecule has 1 aromatic heterocycles. The van der Waals surface area contributed by atoms with E-state index in [9.17, 15) is 4.79 Å². The Morgan fingerprint density at radius 3 is 2.16 bits per heavy atom. The van der Waals surface area contributed by atoms with E-state index in [0.29, 0.717) is 28.6 Å². The highest BCUT2D eigenvalue weighted by Crippen LogP contribution is 2.40. The van der Waals surface area contributed by atoms with Crippen LogP contribution in [0.1, 0.15) is 10.5 Å². The molecule has 0 saturated carbocycles. The van der Waals surface area contributed by atoms with Crippen molar-refractivity contribution in [1.29, 1.82) is 0 Å². The third kappa shape index (κ3) is 2.98. The molecular weight excluding hydrogens is 320 g/mol. The summed E-state index contributed by atoms with van der Waals surface area (Å²) in [5, 5.41) is 3.90. The van der Waals surface area contributed by atoms with E-state index in [-0.39, 0.29) is 5.91 Å². The van der Waals surface area contributed by atoms with Crippen molar-refractivity contribution < 1.29 is 19.0 Å². The van der Waals surface area contributed by atoms with Crippen LogP contribution in [-0.2, 0) is 7.05 Å². The number of para-hydroxylation sites is 1. The second-order valence-corrected chi connectivity index (χ2v) is 5.52. The Labute approximate surface area is 145 Å². The summed E-state index contributed by atoms with van der Waals surface area (Å²) in [4.78, 5) is 12.7. The summed E-state index contributed by atoms with van der Waals surface area (Å²) in [7, 11) is 6.47. The van der Waals surface area contributed by atoms with Crippen molar-refractivity contribution in [3.8, 4) is 17.2 Å². The van der Waals surface area contributed by atoms with Crippen LogP contribution in [0.4, 0.5) is 5.69 Å². The van der Waals surface area contributed by atoms with Gasteiger partial charge in [-0.3, -0.25) is 4.79 Å². The van der Waals surface area contributed by atoms with Crippen LogP contribution in [0, 0.1) is 0 Å². The minimum Gasteiger partial charge on any atom is -0.493 e. The Kier molecular flexibility index (Phi) is 4.52. The molecule has 0 unspecified atom stereocenters. The van der Waals surface area contributed by atoms with E-state index < -0.39 is 0 Å². The standard InChI is InChI=1S/C19H20N2O4/c1-21-14-8-6-5-7-12(14)9-15(21)19(22)20-13-10-16(23-2)18(25-4)17(11-13)24-3/h5-11H,1-4H3,(H,20,22). The number of carbonyl (C=O) groups is 1. The molecule has 0 spiro atoms. The molecule has 0 radical (unpaired) electrons. The number of rotatable bonds is 5. The van der Waals surface area contributed by atoms with Crippen LogP contribution in [0.25, 0.3) is 10.9 Å². The lowest BCUT2D eigenvalue weighted by atomic mass is 10.2. The molecule has 130 valence electrons. The van der Waals surface area contributed by atoms with Gasteiger partial charge in [0.15, 0.2) is 11.5 Å². The molecule has 0 aliphatic heterocycles. The van der Waals surface area contributed by atoms with Crippen LogP contribution in [0.5, 0.6) is 17.2 Å². The molecule has 0 aliphatic rings. The maximum atomic E-state index is 12.7. The summed E-state index contributed by atoms with van der Waals surface area (Å²) >= 11 is 0. The first-order valence-corrected chi connectivity index (χ1v) is 7.75. The number of aromatic nitrogens is 1. The molecule has 3 rings (SSSR count). The number of anilines is 1. The fourth-order valence-corrected chi connectivity index (χ4v) is 2.86. The van der Waals surface area contributed by atoms with Gasteiger partial charge in [0.2, 0.25) is 5.75 Å². The van der Waals surface area contributed by atoms with Crippen LogP contribution in [0.15, 0.2) is 42.5 Å². The zero-order valence-electron chi connectivity index (χ0n) is 14.6. The molecule has 1 N–H and O–H groups in total. The number of carbonyl (C=O) groups excluding carboxylic acids is 1. The molecule has 6 nitrogen and oxygen atoms in total. The van der Waals surface area contributed by atoms with Gasteiger partial charge in [-0.15, -0.1) is 0 Å². The highest BCUT2D eigenvalue weighted by atomic mass is 16.5. The van der Waals surface area contributed by atoms with Crippen molar-refractivity contribution in [2.24, 2.45) is 7.05 Å². The normalized spacial score (nSPS) is 10.6. The predicted octanol–water partition coefficient (Wildman–Crippen LogP) is 3.46. The molecule has 1 heterocycles. The zero-order chi connectivity index (χ0) is 18.0. The number of benzene rings is 2. The summed E-state index contributed by atoms with van der Waals surface area (Å²) < 4.78 is 17.8. The van der Waals surface area contributed by atoms with Gasteiger partial charge in [0.25, 0.3) is 5.91 Å². The van der Waals surface area contributed by atoms with Gasteiger partial charge in [0.05, 0.1) is 21.3 Å². The van der Waals surface area contributed by atoms with Gasteiger partial charge in [-0.25, -0.2) is 0 Å². The fraction of sp³-hybridized carbons (Fsp3) is 0.211. The van der Waals surface area contributed by atoms with E-state index in [1.807, 2.05) is 41.9 Å². The molecule has 2 aromatic carbocycles. The minimum atomic E-state index is -0.215. The monoisotopic (exact) mass is 340 g/mol. The lowest BCUT2D eigenvalue weighted by Crippen LogP contribution is -2.15. The molecule has 0 aliphatic carbocycles. The Hall–Kier alpha value is -3.15. The molecule has 3 aromatic rings. The maximum absolute atomic E-state index is 12.7. The Morgan fingerprint density at radius 1 is 0.960 bits per heavy atom. The molecule has 0 bridgehead atoms. The summed E-state index contributed by atoms with van der Waals surface area (Å²) in [5.41, 5.74) is 2.12.